The van der Waals surface area contributed by atoms with Crippen LogP contribution in [0.4, 0.5) is 0 Å². The molecule has 0 aliphatic carbocycles. The summed E-state index contributed by atoms with van der Waals surface area (Å²) in [5, 5.41) is 0. The lowest BCUT2D eigenvalue weighted by atomic mass is 10.0. The van der Waals surface area contributed by atoms with Gasteiger partial charge in [0, 0.05) is 41.3 Å². The van der Waals surface area contributed by atoms with Crippen molar-refractivity contribution in [1.29, 1.82) is 0 Å². The Hall–Kier alpha value is -2.47. The normalized spacial score (nSPS) is 16.9. The van der Waals surface area contributed by atoms with E-state index in [4.69, 9.17) is 0 Å². The first-order valence-electron chi connectivity index (χ1n) is 8.84. The Morgan fingerprint density at radius 2 is 1.74 bits per heavy atom. The Kier molecular flexibility index (Phi) is 5.75. The molecule has 2 aromatic rings. The molecule has 0 bridgehead atoms. The minimum atomic E-state index is -0.515. The number of aryl methyl sites for hydroxylation is 1. The van der Waals surface area contributed by atoms with Crippen LogP contribution in [0.5, 0.6) is 0 Å². The van der Waals surface area contributed by atoms with Crippen molar-refractivity contribution < 1.29 is 14.4 Å². The topological polar surface area (TPSA) is 57.7 Å². The molecule has 1 atom stereocenters. The smallest absolute Gasteiger partial charge is 0.295 e. The molecule has 0 spiro atoms. The zero-order valence-corrected chi connectivity index (χ0v) is 16.9. The molecule has 0 saturated carbocycles. The molecule has 1 fully saturated rings. The highest BCUT2D eigenvalue weighted by atomic mass is 79.9. The van der Waals surface area contributed by atoms with Gasteiger partial charge in [0.15, 0.2) is 0 Å². The van der Waals surface area contributed by atoms with Gasteiger partial charge in [-0.25, -0.2) is 0 Å². The molecule has 1 aliphatic heterocycles. The van der Waals surface area contributed by atoms with Gasteiger partial charge < -0.3 is 9.80 Å². The Labute approximate surface area is 167 Å². The molecule has 1 heterocycles. The van der Waals surface area contributed by atoms with Gasteiger partial charge >= 0.3 is 0 Å². The Balaban J connectivity index is 1.69. The van der Waals surface area contributed by atoms with Crippen molar-refractivity contribution in [1.82, 2.24) is 9.80 Å². The minimum absolute atomic E-state index is 0.0507. The number of hydrogen-bond acceptors (Lipinski definition) is 3. The number of benzene rings is 2. The summed E-state index contributed by atoms with van der Waals surface area (Å²) in [5.74, 6) is -1.07. The number of ketones is 1. The standard InChI is InChI=1S/C21H21BrN2O3/c1-14-12-17(22)8-9-18(14)19(25)21(27)23-10-11-24(15(2)13-23)20(26)16-6-4-3-5-7-16/h3-9,12,15H,10-11,13H2,1-2H3/t15-/m1/s1. The van der Waals surface area contributed by atoms with Crippen LogP contribution in [0.15, 0.2) is 53.0 Å². The molecular weight excluding hydrogens is 408 g/mol. The monoisotopic (exact) mass is 428 g/mol. The van der Waals surface area contributed by atoms with Crippen molar-refractivity contribution in [2.45, 2.75) is 19.9 Å². The van der Waals surface area contributed by atoms with E-state index in [0.29, 0.717) is 30.8 Å². The predicted molar refractivity (Wildman–Crippen MR) is 107 cm³/mol. The molecule has 0 radical (unpaired) electrons. The fourth-order valence-electron chi connectivity index (χ4n) is 3.33. The number of Topliss-reactive ketones (excluding diaryl/α,β-unsaturated/α-hetero) is 1. The van der Waals surface area contributed by atoms with Crippen LogP contribution in [0.25, 0.3) is 0 Å². The highest BCUT2D eigenvalue weighted by Gasteiger charge is 2.33. The molecule has 140 valence electrons. The molecular formula is C21H21BrN2O3. The average Bonchev–Trinajstić information content (AvgIpc) is 2.67. The van der Waals surface area contributed by atoms with E-state index >= 15 is 0 Å². The van der Waals surface area contributed by atoms with Crippen molar-refractivity contribution in [3.63, 3.8) is 0 Å². The summed E-state index contributed by atoms with van der Waals surface area (Å²) in [7, 11) is 0. The van der Waals surface area contributed by atoms with Crippen molar-refractivity contribution in [2.24, 2.45) is 0 Å². The fraction of sp³-hybridized carbons (Fsp3) is 0.286. The van der Waals surface area contributed by atoms with Gasteiger partial charge in [-0.2, -0.15) is 0 Å². The first kappa shape index (κ1) is 19.3. The van der Waals surface area contributed by atoms with Crippen LogP contribution in [0.3, 0.4) is 0 Å². The molecule has 2 amide bonds. The van der Waals surface area contributed by atoms with Crippen molar-refractivity contribution in [3.8, 4) is 0 Å². The van der Waals surface area contributed by atoms with E-state index in [2.05, 4.69) is 15.9 Å². The van der Waals surface area contributed by atoms with Crippen LogP contribution in [-0.2, 0) is 4.79 Å². The van der Waals surface area contributed by atoms with Crippen molar-refractivity contribution >= 4 is 33.5 Å². The van der Waals surface area contributed by atoms with Crippen LogP contribution >= 0.6 is 15.9 Å². The maximum absolute atomic E-state index is 12.7. The van der Waals surface area contributed by atoms with E-state index in [-0.39, 0.29) is 11.9 Å². The van der Waals surface area contributed by atoms with Gasteiger partial charge in [0.2, 0.25) is 0 Å². The van der Waals surface area contributed by atoms with Crippen LogP contribution in [0.1, 0.15) is 33.2 Å². The van der Waals surface area contributed by atoms with E-state index in [9.17, 15) is 14.4 Å². The first-order chi connectivity index (χ1) is 12.9. The van der Waals surface area contributed by atoms with Crippen LogP contribution < -0.4 is 0 Å². The summed E-state index contributed by atoms with van der Waals surface area (Å²) in [4.78, 5) is 41.3. The fourth-order valence-corrected chi connectivity index (χ4v) is 3.81. The van der Waals surface area contributed by atoms with E-state index in [1.54, 1.807) is 34.1 Å². The number of amides is 2. The lowest BCUT2D eigenvalue weighted by Gasteiger charge is -2.39. The number of nitrogens with zero attached hydrogens (tertiary/aromatic N) is 2. The van der Waals surface area contributed by atoms with Crippen molar-refractivity contribution in [3.05, 3.63) is 69.7 Å². The lowest BCUT2D eigenvalue weighted by Crippen LogP contribution is -2.56. The van der Waals surface area contributed by atoms with Gasteiger partial charge in [-0.15, -0.1) is 0 Å². The zero-order chi connectivity index (χ0) is 19.6. The van der Waals surface area contributed by atoms with Gasteiger partial charge in [-0.3, -0.25) is 14.4 Å². The van der Waals surface area contributed by atoms with Gasteiger partial charge in [0.05, 0.1) is 0 Å². The molecule has 1 saturated heterocycles. The van der Waals surface area contributed by atoms with E-state index in [1.165, 1.54) is 0 Å². The number of halogens is 1. The minimum Gasteiger partial charge on any atom is -0.332 e. The van der Waals surface area contributed by atoms with E-state index in [0.717, 1.165) is 10.0 Å². The predicted octanol–water partition coefficient (Wildman–Crippen LogP) is 3.31. The molecule has 2 aromatic carbocycles. The highest BCUT2D eigenvalue weighted by molar-refractivity contribution is 9.10. The third-order valence-corrected chi connectivity index (χ3v) is 5.32. The Morgan fingerprint density at radius 1 is 1.04 bits per heavy atom. The average molecular weight is 429 g/mol. The number of rotatable bonds is 3. The number of carbonyl (C=O) groups is 3. The summed E-state index contributed by atoms with van der Waals surface area (Å²) >= 11 is 3.36. The largest absolute Gasteiger partial charge is 0.332 e. The third kappa shape index (κ3) is 4.11. The number of carbonyl (C=O) groups excluding carboxylic acids is 3. The summed E-state index contributed by atoms with van der Waals surface area (Å²) in [6.07, 6.45) is 0. The highest BCUT2D eigenvalue weighted by Crippen LogP contribution is 2.19. The maximum atomic E-state index is 12.7. The Bertz CT molecular complexity index is 882. The summed E-state index contributed by atoms with van der Waals surface area (Å²) < 4.78 is 0.866. The van der Waals surface area contributed by atoms with Gasteiger partial charge in [-0.05, 0) is 49.7 Å². The van der Waals surface area contributed by atoms with E-state index in [1.807, 2.05) is 38.1 Å². The van der Waals surface area contributed by atoms with Gasteiger partial charge in [0.1, 0.15) is 0 Å². The summed E-state index contributed by atoms with van der Waals surface area (Å²) in [6.45, 7) is 4.81. The summed E-state index contributed by atoms with van der Waals surface area (Å²) in [6, 6.07) is 14.2. The number of hydrogen-bond donors (Lipinski definition) is 0. The maximum Gasteiger partial charge on any atom is 0.295 e. The second-order valence-electron chi connectivity index (χ2n) is 6.75. The lowest BCUT2D eigenvalue weighted by molar-refractivity contribution is -0.128. The van der Waals surface area contributed by atoms with Crippen LogP contribution in [0.2, 0.25) is 0 Å². The molecule has 1 aliphatic rings. The molecule has 6 heteroatoms. The molecule has 0 N–H and O–H groups in total. The first-order valence-corrected chi connectivity index (χ1v) is 9.63. The molecule has 27 heavy (non-hydrogen) atoms. The van der Waals surface area contributed by atoms with E-state index < -0.39 is 11.7 Å². The second kappa shape index (κ2) is 8.05. The van der Waals surface area contributed by atoms with Gasteiger partial charge in [-0.1, -0.05) is 34.1 Å². The Morgan fingerprint density at radius 3 is 2.37 bits per heavy atom. The van der Waals surface area contributed by atoms with Crippen LogP contribution in [0, 0.1) is 6.92 Å². The quantitative estimate of drug-likeness (QED) is 0.556. The van der Waals surface area contributed by atoms with Crippen molar-refractivity contribution in [2.75, 3.05) is 19.6 Å². The summed E-state index contributed by atoms with van der Waals surface area (Å²) in [5.41, 5.74) is 1.80. The zero-order valence-electron chi connectivity index (χ0n) is 15.3. The van der Waals surface area contributed by atoms with Gasteiger partial charge in [0.25, 0.3) is 17.6 Å². The molecule has 3 rings (SSSR count). The number of piperazine rings is 1. The second-order valence-corrected chi connectivity index (χ2v) is 7.67. The molecule has 5 nitrogen and oxygen atoms in total. The SMILES string of the molecule is Cc1cc(Br)ccc1C(=O)C(=O)N1CCN(C(=O)c2ccccc2)[C@H](C)C1. The third-order valence-electron chi connectivity index (χ3n) is 4.82. The van der Waals surface area contributed by atoms with Crippen LogP contribution in [-0.4, -0.2) is 53.1 Å². The molecule has 0 unspecified atom stereocenters. The molecule has 0 aromatic heterocycles.